The molecule has 0 unspecified atom stereocenters. The third kappa shape index (κ3) is 4.90. The first-order chi connectivity index (χ1) is 31.3. The summed E-state index contributed by atoms with van der Waals surface area (Å²) in [6.45, 7) is 0. The number of furan rings is 2. The number of aromatic nitrogens is 1. The Labute approximate surface area is 361 Å². The highest BCUT2D eigenvalue weighted by Gasteiger charge is 2.23. The molecule has 0 N–H and O–H groups in total. The number of rotatable bonds is 4. The molecule has 0 spiro atoms. The molecule has 0 saturated heterocycles. The number of nitrogens with zero attached hydrogens (tertiary/aromatic N) is 1. The van der Waals surface area contributed by atoms with Crippen LogP contribution in [0.5, 0.6) is 0 Å². The standard InChI is InChI=1S/C60H35NO2/c1-2-17-40(18-3-1)61-51-31-28-36-14-4-5-19-41(36)57(51)58-52(61)32-30-49-50-35-39(29-33-54(50)63-60(49)58)56-46-23-8-6-21-44(46)55(45-22-7-9-24-47(45)56)38-16-12-15-37(34-38)42-25-13-26-48-43-20-10-11-27-53(43)62-59(42)48/h1-35H. The monoisotopic (exact) mass is 801 g/mol. The maximum atomic E-state index is 6.99. The van der Waals surface area contributed by atoms with Crippen LogP contribution in [0.1, 0.15) is 0 Å². The van der Waals surface area contributed by atoms with Crippen LogP contribution in [-0.2, 0) is 0 Å². The van der Waals surface area contributed by atoms with Crippen LogP contribution in [-0.4, -0.2) is 4.57 Å². The molecule has 0 radical (unpaired) electrons. The van der Waals surface area contributed by atoms with Gasteiger partial charge in [-0.1, -0.05) is 158 Å². The first-order valence-electron chi connectivity index (χ1n) is 21.6. The summed E-state index contributed by atoms with van der Waals surface area (Å²) >= 11 is 0. The predicted molar refractivity (Wildman–Crippen MR) is 264 cm³/mol. The van der Waals surface area contributed by atoms with E-state index in [1.807, 2.05) is 12.1 Å². The van der Waals surface area contributed by atoms with Gasteiger partial charge >= 0.3 is 0 Å². The molecule has 0 aliphatic rings. The zero-order valence-electron chi connectivity index (χ0n) is 34.0. The Morgan fingerprint density at radius 1 is 0.302 bits per heavy atom. The normalized spacial score (nSPS) is 12.1. The van der Waals surface area contributed by atoms with Gasteiger partial charge in [-0.05, 0) is 115 Å². The van der Waals surface area contributed by atoms with Crippen LogP contribution in [0.3, 0.4) is 0 Å². The molecule has 11 aromatic carbocycles. The van der Waals surface area contributed by atoms with E-state index in [1.165, 1.54) is 59.9 Å². The lowest BCUT2D eigenvalue weighted by atomic mass is 9.85. The second-order valence-electron chi connectivity index (χ2n) is 16.7. The molecule has 0 aliphatic heterocycles. The zero-order chi connectivity index (χ0) is 41.2. The lowest BCUT2D eigenvalue weighted by Gasteiger charge is -2.18. The van der Waals surface area contributed by atoms with E-state index in [9.17, 15) is 0 Å². The Morgan fingerprint density at radius 2 is 0.857 bits per heavy atom. The summed E-state index contributed by atoms with van der Waals surface area (Å²) in [6, 6.07) is 76.6. The largest absolute Gasteiger partial charge is 0.455 e. The average molecular weight is 802 g/mol. The van der Waals surface area contributed by atoms with Crippen molar-refractivity contribution in [2.45, 2.75) is 0 Å². The smallest absolute Gasteiger partial charge is 0.145 e. The fraction of sp³-hybridized carbons (Fsp3) is 0. The number of hydrogen-bond acceptors (Lipinski definition) is 2. The Bertz CT molecular complexity index is 4150. The molecule has 14 rings (SSSR count). The van der Waals surface area contributed by atoms with Crippen molar-refractivity contribution in [1.29, 1.82) is 0 Å². The molecule has 0 fully saturated rings. The highest BCUT2D eigenvalue weighted by Crippen LogP contribution is 2.48. The highest BCUT2D eigenvalue weighted by molar-refractivity contribution is 6.30. The summed E-state index contributed by atoms with van der Waals surface area (Å²) < 4.78 is 15.9. The summed E-state index contributed by atoms with van der Waals surface area (Å²) in [4.78, 5) is 0. The molecule has 14 aromatic rings. The maximum absolute atomic E-state index is 6.99. The lowest BCUT2D eigenvalue weighted by molar-refractivity contribution is 0.670. The minimum Gasteiger partial charge on any atom is -0.455 e. The molecule has 0 saturated carbocycles. The van der Waals surface area contributed by atoms with Crippen molar-refractivity contribution in [3.8, 4) is 39.1 Å². The summed E-state index contributed by atoms with van der Waals surface area (Å²) in [5.74, 6) is 0. The van der Waals surface area contributed by atoms with E-state index in [1.54, 1.807) is 0 Å². The van der Waals surface area contributed by atoms with Crippen molar-refractivity contribution in [2.24, 2.45) is 0 Å². The SMILES string of the molecule is c1ccc(-n2c3ccc4ccccc4c3c3c4oc5ccc(-c6c7ccccc7c(-c7cccc(-c8cccc9c8oc8ccccc89)c7)c7ccccc67)cc5c4ccc32)cc1. The quantitative estimate of drug-likeness (QED) is 0.166. The van der Waals surface area contributed by atoms with Gasteiger partial charge in [-0.2, -0.15) is 0 Å². The van der Waals surface area contributed by atoms with E-state index >= 15 is 0 Å². The fourth-order valence-electron chi connectivity index (χ4n) is 10.7. The third-order valence-electron chi connectivity index (χ3n) is 13.4. The molecule has 0 atom stereocenters. The Balaban J connectivity index is 0.993. The number of fused-ring (bicyclic) bond motifs is 14. The topological polar surface area (TPSA) is 31.2 Å². The van der Waals surface area contributed by atoms with E-state index in [2.05, 4.69) is 205 Å². The first kappa shape index (κ1) is 34.3. The van der Waals surface area contributed by atoms with Gasteiger partial charge in [-0.3, -0.25) is 0 Å². The molecule has 0 bridgehead atoms. The van der Waals surface area contributed by atoms with E-state index in [0.717, 1.165) is 77.2 Å². The van der Waals surface area contributed by atoms with Gasteiger partial charge < -0.3 is 13.4 Å². The molecule has 3 heteroatoms. The molecular weight excluding hydrogens is 767 g/mol. The van der Waals surface area contributed by atoms with Crippen molar-refractivity contribution in [3.05, 3.63) is 212 Å². The third-order valence-corrected chi connectivity index (χ3v) is 13.4. The van der Waals surface area contributed by atoms with Crippen LogP contribution >= 0.6 is 0 Å². The number of para-hydroxylation sites is 3. The number of hydrogen-bond donors (Lipinski definition) is 0. The Hall–Kier alpha value is -8.40. The zero-order valence-corrected chi connectivity index (χ0v) is 34.0. The van der Waals surface area contributed by atoms with Crippen molar-refractivity contribution >= 4 is 98.0 Å². The summed E-state index contributed by atoms with van der Waals surface area (Å²) in [7, 11) is 0. The van der Waals surface area contributed by atoms with Gasteiger partial charge in [0.2, 0.25) is 0 Å². The Morgan fingerprint density at radius 3 is 1.63 bits per heavy atom. The average Bonchev–Trinajstić information content (AvgIpc) is 4.03. The summed E-state index contributed by atoms with van der Waals surface area (Å²) in [5.41, 5.74) is 14.0. The van der Waals surface area contributed by atoms with Crippen molar-refractivity contribution in [3.63, 3.8) is 0 Å². The van der Waals surface area contributed by atoms with Crippen molar-refractivity contribution < 1.29 is 8.83 Å². The summed E-state index contributed by atoms with van der Waals surface area (Å²) in [6.07, 6.45) is 0. The van der Waals surface area contributed by atoms with Gasteiger partial charge in [0.25, 0.3) is 0 Å². The van der Waals surface area contributed by atoms with Crippen LogP contribution in [0.4, 0.5) is 0 Å². The number of benzene rings is 11. The van der Waals surface area contributed by atoms with E-state index in [-0.39, 0.29) is 0 Å². The second kappa shape index (κ2) is 13.1. The molecule has 0 aliphatic carbocycles. The van der Waals surface area contributed by atoms with Crippen molar-refractivity contribution in [2.75, 3.05) is 0 Å². The van der Waals surface area contributed by atoms with Gasteiger partial charge in [-0.15, -0.1) is 0 Å². The van der Waals surface area contributed by atoms with Crippen LogP contribution in [0.15, 0.2) is 221 Å². The van der Waals surface area contributed by atoms with Crippen LogP contribution in [0.2, 0.25) is 0 Å². The molecule has 3 nitrogen and oxygen atoms in total. The van der Waals surface area contributed by atoms with Gasteiger partial charge in [-0.25, -0.2) is 0 Å². The second-order valence-corrected chi connectivity index (χ2v) is 16.7. The molecule has 3 heterocycles. The molecule has 0 amide bonds. The Kier molecular flexibility index (Phi) is 7.11. The predicted octanol–water partition coefficient (Wildman–Crippen LogP) is 17.0. The van der Waals surface area contributed by atoms with E-state index in [4.69, 9.17) is 8.83 Å². The van der Waals surface area contributed by atoms with E-state index < -0.39 is 0 Å². The van der Waals surface area contributed by atoms with Gasteiger partial charge in [0.1, 0.15) is 22.3 Å². The maximum Gasteiger partial charge on any atom is 0.145 e. The minimum absolute atomic E-state index is 0.878. The van der Waals surface area contributed by atoms with Gasteiger partial charge in [0.15, 0.2) is 0 Å². The molecular formula is C60H35NO2. The van der Waals surface area contributed by atoms with E-state index in [0.29, 0.717) is 0 Å². The van der Waals surface area contributed by atoms with Crippen LogP contribution in [0, 0.1) is 0 Å². The van der Waals surface area contributed by atoms with Crippen LogP contribution in [0.25, 0.3) is 137 Å². The summed E-state index contributed by atoms with van der Waals surface area (Å²) in [5, 5.41) is 14.1. The van der Waals surface area contributed by atoms with Gasteiger partial charge in [0, 0.05) is 38.2 Å². The molecule has 292 valence electrons. The molecule has 3 aromatic heterocycles. The van der Waals surface area contributed by atoms with Crippen LogP contribution < -0.4 is 0 Å². The minimum atomic E-state index is 0.878. The first-order valence-corrected chi connectivity index (χ1v) is 21.6. The van der Waals surface area contributed by atoms with Crippen molar-refractivity contribution in [1.82, 2.24) is 4.57 Å². The lowest BCUT2D eigenvalue weighted by Crippen LogP contribution is -1.92. The fourth-order valence-corrected chi connectivity index (χ4v) is 10.7. The van der Waals surface area contributed by atoms with Gasteiger partial charge in [0.05, 0.1) is 16.4 Å². The molecule has 63 heavy (non-hydrogen) atoms. The highest BCUT2D eigenvalue weighted by atomic mass is 16.3.